The molecule has 2 aliphatic heterocycles. The van der Waals surface area contributed by atoms with Gasteiger partial charge in [-0.25, -0.2) is 4.39 Å². The van der Waals surface area contributed by atoms with Crippen molar-refractivity contribution in [1.29, 1.82) is 0 Å². The van der Waals surface area contributed by atoms with Gasteiger partial charge in [-0.05, 0) is 87.1 Å². The third kappa shape index (κ3) is 7.16. The molecule has 50 heavy (non-hydrogen) atoms. The minimum atomic E-state index is -0.848. The molecule has 2 saturated heterocycles. The van der Waals surface area contributed by atoms with Gasteiger partial charge in [-0.2, -0.15) is 5.10 Å². The molecule has 0 radical (unpaired) electrons. The van der Waals surface area contributed by atoms with Gasteiger partial charge in [-0.15, -0.1) is 0 Å². The Balaban J connectivity index is 1.09. The summed E-state index contributed by atoms with van der Waals surface area (Å²) in [7, 11) is 2.02. The van der Waals surface area contributed by atoms with Crippen molar-refractivity contribution in [3.63, 3.8) is 0 Å². The molecule has 3 heterocycles. The molecule has 13 heteroatoms. The van der Waals surface area contributed by atoms with Crippen LogP contribution in [0.2, 0.25) is 0 Å². The molecule has 2 aromatic rings. The Morgan fingerprint density at radius 1 is 1.02 bits per heavy atom. The number of hydrogen-bond acceptors (Lipinski definition) is 7. The number of aromatic nitrogens is 2. The lowest BCUT2D eigenvalue weighted by Gasteiger charge is -2.37. The second-order valence-electron chi connectivity index (χ2n) is 15.4. The molecule has 3 atom stereocenters. The fraction of sp³-hybridized carbons (Fsp3) is 0.649. The molecule has 4 amide bonds. The van der Waals surface area contributed by atoms with Gasteiger partial charge in [0.1, 0.15) is 23.6 Å². The van der Waals surface area contributed by atoms with E-state index in [9.17, 15) is 19.2 Å². The van der Waals surface area contributed by atoms with E-state index in [0.717, 1.165) is 51.6 Å². The Bertz CT molecular complexity index is 1610. The molecule has 3 saturated carbocycles. The molecular weight excluding hydrogens is 641 g/mol. The molecule has 7 rings (SSSR count). The average Bonchev–Trinajstić information content (AvgIpc) is 4.01. The maximum atomic E-state index is 16.0. The van der Waals surface area contributed by atoms with Crippen molar-refractivity contribution in [1.82, 2.24) is 30.2 Å². The summed E-state index contributed by atoms with van der Waals surface area (Å²) in [6.07, 6.45) is 9.13. The van der Waals surface area contributed by atoms with Crippen LogP contribution in [0.1, 0.15) is 80.8 Å². The van der Waals surface area contributed by atoms with Crippen molar-refractivity contribution >= 4 is 29.3 Å². The first-order valence-electron chi connectivity index (χ1n) is 18.4. The summed E-state index contributed by atoms with van der Waals surface area (Å²) >= 11 is 0. The van der Waals surface area contributed by atoms with Gasteiger partial charge in [-0.1, -0.05) is 19.4 Å². The Kier molecular flexibility index (Phi) is 9.73. The predicted molar refractivity (Wildman–Crippen MR) is 184 cm³/mol. The zero-order valence-electron chi connectivity index (χ0n) is 29.2. The molecule has 1 aromatic carbocycles. The zero-order valence-corrected chi connectivity index (χ0v) is 29.2. The molecule has 12 nitrogen and oxygen atoms in total. The Morgan fingerprint density at radius 2 is 1.78 bits per heavy atom. The van der Waals surface area contributed by atoms with E-state index in [2.05, 4.69) is 25.9 Å². The first-order valence-corrected chi connectivity index (χ1v) is 18.4. The fourth-order valence-corrected chi connectivity index (χ4v) is 8.26. The highest BCUT2D eigenvalue weighted by Crippen LogP contribution is 2.58. The number of rotatable bonds is 12. The zero-order chi connectivity index (χ0) is 35.0. The van der Waals surface area contributed by atoms with Crippen LogP contribution in [-0.4, -0.2) is 102 Å². The first-order chi connectivity index (χ1) is 24.1. The molecule has 270 valence electrons. The predicted octanol–water partition coefficient (Wildman–Crippen LogP) is 3.08. The number of carbonyl (C=O) groups is 4. The van der Waals surface area contributed by atoms with Crippen LogP contribution in [0.4, 0.5) is 10.1 Å². The molecule has 5 fully saturated rings. The first kappa shape index (κ1) is 34.6. The van der Waals surface area contributed by atoms with E-state index in [1.54, 1.807) is 40.9 Å². The summed E-state index contributed by atoms with van der Waals surface area (Å²) in [5, 5.41) is 13.1. The van der Waals surface area contributed by atoms with Gasteiger partial charge in [-0.3, -0.25) is 23.9 Å². The molecule has 0 bridgehead atoms. The third-order valence-corrected chi connectivity index (χ3v) is 11.9. The van der Waals surface area contributed by atoms with Gasteiger partial charge in [0, 0.05) is 56.7 Å². The molecule has 3 N–H and O–H groups in total. The molecular formula is C37H50FN7O5. The van der Waals surface area contributed by atoms with Crippen LogP contribution in [0, 0.1) is 23.1 Å². The summed E-state index contributed by atoms with van der Waals surface area (Å²) < 4.78 is 22.9. The number of amides is 4. The molecule has 0 unspecified atom stereocenters. The highest BCUT2D eigenvalue weighted by Gasteiger charge is 2.55. The smallest absolute Gasteiger partial charge is 0.270 e. The van der Waals surface area contributed by atoms with Crippen molar-refractivity contribution in [2.24, 2.45) is 17.3 Å². The van der Waals surface area contributed by atoms with E-state index in [1.807, 2.05) is 7.05 Å². The minimum Gasteiger partial charge on any atom is -0.381 e. The second-order valence-corrected chi connectivity index (χ2v) is 15.4. The quantitative estimate of drug-likeness (QED) is 0.311. The van der Waals surface area contributed by atoms with Crippen molar-refractivity contribution in [3.05, 3.63) is 47.5 Å². The van der Waals surface area contributed by atoms with Crippen LogP contribution in [0.3, 0.4) is 0 Å². The van der Waals surface area contributed by atoms with Crippen molar-refractivity contribution in [3.8, 4) is 0 Å². The summed E-state index contributed by atoms with van der Waals surface area (Å²) in [5.74, 6) is -1.61. The van der Waals surface area contributed by atoms with E-state index in [4.69, 9.17) is 4.74 Å². The maximum Gasteiger partial charge on any atom is 0.270 e. The number of nitrogens with zero attached hydrogens (tertiary/aromatic N) is 4. The lowest BCUT2D eigenvalue weighted by Crippen LogP contribution is -2.58. The van der Waals surface area contributed by atoms with Crippen LogP contribution < -0.4 is 16.0 Å². The standard InChI is InChI=1S/C37H50FN7O5/c1-3-30(46)41-32(35(49)44-17-15-43(2)16-18-44)37(12-13-37)26-6-7-28(27(38)19-26)40-34(48)31(25-5-4-9-36(20-25)10-11-36)42-33(47)29-8-14-39-45(29)21-24-22-50-23-24/h6-8,14,19,24-25,31-32H,3-5,9-13,15-18,20-23H2,1-2H3,(H,40,48)(H,41,46)(H,42,47)/t25-,31-,32-/m0/s1. The second kappa shape index (κ2) is 14.1. The SMILES string of the molecule is CCC(=O)N[C@@H](C(=O)N1CCN(C)CC1)C1(c2ccc(NC(=O)[C@@H](NC(=O)c3ccnn3CC3COC3)[C@H]3CCCC4(CC4)C3)c(F)c2)CC1. The third-order valence-electron chi connectivity index (χ3n) is 11.9. The van der Waals surface area contributed by atoms with Crippen molar-refractivity contribution in [2.75, 3.05) is 51.8 Å². The van der Waals surface area contributed by atoms with Crippen molar-refractivity contribution in [2.45, 2.75) is 88.8 Å². The largest absolute Gasteiger partial charge is 0.381 e. The number of piperazine rings is 1. The van der Waals surface area contributed by atoms with Gasteiger partial charge < -0.3 is 30.5 Å². The van der Waals surface area contributed by atoms with Gasteiger partial charge >= 0.3 is 0 Å². The lowest BCUT2D eigenvalue weighted by atomic mass is 9.75. The van der Waals surface area contributed by atoms with Gasteiger partial charge in [0.2, 0.25) is 17.7 Å². The summed E-state index contributed by atoms with van der Waals surface area (Å²) in [4.78, 5) is 58.1. The number of hydrogen-bond donors (Lipinski definition) is 3. The van der Waals surface area contributed by atoms with E-state index in [0.29, 0.717) is 56.9 Å². The number of ether oxygens (including phenoxy) is 1. The van der Waals surface area contributed by atoms with E-state index in [1.165, 1.54) is 6.07 Å². The monoisotopic (exact) mass is 691 g/mol. The van der Waals surface area contributed by atoms with Gasteiger partial charge in [0.15, 0.2) is 0 Å². The normalized spacial score (nSPS) is 23.7. The van der Waals surface area contributed by atoms with Crippen LogP contribution in [0.5, 0.6) is 0 Å². The molecule has 3 aliphatic carbocycles. The minimum absolute atomic E-state index is 0.0142. The number of carbonyl (C=O) groups excluding carboxylic acids is 4. The maximum absolute atomic E-state index is 16.0. The van der Waals surface area contributed by atoms with Gasteiger partial charge in [0.05, 0.1) is 18.9 Å². The number of anilines is 1. The number of halogens is 1. The Morgan fingerprint density at radius 3 is 2.42 bits per heavy atom. The summed E-state index contributed by atoms with van der Waals surface area (Å²) in [6, 6.07) is 4.69. The Hall–Kier alpha value is -3.84. The number of nitrogens with one attached hydrogen (secondary N) is 3. The molecule has 5 aliphatic rings. The molecule has 1 spiro atoms. The summed E-state index contributed by atoms with van der Waals surface area (Å²) in [6.45, 7) is 6.20. The number of benzene rings is 1. The summed E-state index contributed by atoms with van der Waals surface area (Å²) in [5.41, 5.74) is 0.540. The topological polar surface area (TPSA) is 138 Å². The highest BCUT2D eigenvalue weighted by molar-refractivity contribution is 6.01. The van der Waals surface area contributed by atoms with E-state index < -0.39 is 29.2 Å². The average molecular weight is 692 g/mol. The fourth-order valence-electron chi connectivity index (χ4n) is 8.26. The van der Waals surface area contributed by atoms with E-state index in [-0.39, 0.29) is 47.1 Å². The Labute approximate surface area is 292 Å². The van der Waals surface area contributed by atoms with Crippen LogP contribution >= 0.6 is 0 Å². The van der Waals surface area contributed by atoms with Crippen LogP contribution in [0.15, 0.2) is 30.5 Å². The number of likely N-dealkylation sites (N-methyl/N-ethyl adjacent to an activating group) is 1. The lowest BCUT2D eigenvalue weighted by molar-refractivity contribution is -0.138. The molecule has 1 aromatic heterocycles. The highest BCUT2D eigenvalue weighted by atomic mass is 19.1. The van der Waals surface area contributed by atoms with Crippen molar-refractivity contribution < 1.29 is 28.3 Å². The van der Waals surface area contributed by atoms with E-state index >= 15 is 4.39 Å². The van der Waals surface area contributed by atoms with Crippen LogP contribution in [0.25, 0.3) is 0 Å². The van der Waals surface area contributed by atoms with Crippen LogP contribution in [-0.2, 0) is 31.1 Å². The van der Waals surface area contributed by atoms with Gasteiger partial charge in [0.25, 0.3) is 5.91 Å².